The molecule has 1 heterocycles. The number of non-ortho nitro benzene ring substituents is 1. The predicted molar refractivity (Wildman–Crippen MR) is 69.1 cm³/mol. The van der Waals surface area contributed by atoms with Crippen LogP contribution in [0.15, 0.2) is 24.4 Å². The molecule has 0 spiro atoms. The Morgan fingerprint density at radius 3 is 2.95 bits per heavy atom. The first-order valence-corrected chi connectivity index (χ1v) is 5.53. The number of anilines is 1. The van der Waals surface area contributed by atoms with E-state index in [0.29, 0.717) is 5.56 Å². The van der Waals surface area contributed by atoms with Crippen LogP contribution in [0.3, 0.4) is 0 Å². The molecule has 8 heteroatoms. The largest absolute Gasteiger partial charge is 0.306 e. The number of nitrogens with zero attached hydrogens (tertiary/aromatic N) is 3. The lowest BCUT2D eigenvalue weighted by molar-refractivity contribution is -0.384. The summed E-state index contributed by atoms with van der Waals surface area (Å²) in [6.45, 7) is 1.66. The number of rotatable bonds is 3. The summed E-state index contributed by atoms with van der Waals surface area (Å²) in [5, 5.41) is 28.1. The number of nitrogens with one attached hydrogen (secondary N) is 2. The van der Waals surface area contributed by atoms with Gasteiger partial charge in [-0.05, 0) is 12.5 Å². The smallest absolute Gasteiger partial charge is 0.270 e. The summed E-state index contributed by atoms with van der Waals surface area (Å²) in [4.78, 5) is 22.2. The lowest BCUT2D eigenvalue weighted by Gasteiger charge is -2.06. The highest BCUT2D eigenvalue weighted by molar-refractivity contribution is 6.05. The number of amides is 1. The number of aromatic nitrogens is 2. The van der Waals surface area contributed by atoms with Gasteiger partial charge in [-0.3, -0.25) is 20.0 Å². The molecule has 0 aliphatic carbocycles. The number of carbonyl (C=O) groups excluding carboxylic acids is 1. The summed E-state index contributed by atoms with van der Waals surface area (Å²) >= 11 is 0. The molecule has 1 aromatic heterocycles. The summed E-state index contributed by atoms with van der Waals surface area (Å²) < 4.78 is 0. The van der Waals surface area contributed by atoms with Crippen molar-refractivity contribution in [3.8, 4) is 6.07 Å². The lowest BCUT2D eigenvalue weighted by atomic mass is 10.1. The fourth-order valence-electron chi connectivity index (χ4n) is 1.62. The molecule has 100 valence electrons. The van der Waals surface area contributed by atoms with Crippen molar-refractivity contribution < 1.29 is 9.72 Å². The Labute approximate surface area is 113 Å². The topological polar surface area (TPSA) is 125 Å². The summed E-state index contributed by atoms with van der Waals surface area (Å²) in [6.07, 6.45) is 1.27. The lowest BCUT2D eigenvalue weighted by Crippen LogP contribution is -2.14. The molecule has 0 aliphatic heterocycles. The van der Waals surface area contributed by atoms with Gasteiger partial charge in [-0.2, -0.15) is 10.4 Å². The van der Waals surface area contributed by atoms with Crippen LogP contribution in [0, 0.1) is 28.4 Å². The van der Waals surface area contributed by atoms with E-state index in [0.717, 1.165) is 0 Å². The van der Waals surface area contributed by atoms with Gasteiger partial charge in [0.05, 0.1) is 11.1 Å². The summed E-state index contributed by atoms with van der Waals surface area (Å²) in [7, 11) is 0. The molecule has 0 unspecified atom stereocenters. The molecule has 8 nitrogen and oxygen atoms in total. The fourth-order valence-corrected chi connectivity index (χ4v) is 1.62. The van der Waals surface area contributed by atoms with Crippen LogP contribution in [0.4, 0.5) is 11.5 Å². The van der Waals surface area contributed by atoms with Crippen LogP contribution in [-0.4, -0.2) is 21.0 Å². The maximum atomic E-state index is 12.1. The van der Waals surface area contributed by atoms with Gasteiger partial charge in [0.2, 0.25) is 0 Å². The van der Waals surface area contributed by atoms with E-state index in [2.05, 4.69) is 15.5 Å². The molecule has 0 bridgehead atoms. The predicted octanol–water partition coefficient (Wildman–Crippen LogP) is 1.75. The Bertz CT molecular complexity index is 729. The molecule has 1 amide bonds. The first-order chi connectivity index (χ1) is 9.52. The zero-order valence-corrected chi connectivity index (χ0v) is 10.4. The van der Waals surface area contributed by atoms with Crippen molar-refractivity contribution in [3.05, 3.63) is 51.2 Å². The van der Waals surface area contributed by atoms with Gasteiger partial charge >= 0.3 is 0 Å². The number of hydrogen-bond donors (Lipinski definition) is 2. The molecule has 1 aromatic carbocycles. The van der Waals surface area contributed by atoms with E-state index in [9.17, 15) is 14.9 Å². The zero-order chi connectivity index (χ0) is 14.7. The monoisotopic (exact) mass is 271 g/mol. The van der Waals surface area contributed by atoms with Gasteiger partial charge in [0, 0.05) is 17.7 Å². The average molecular weight is 271 g/mol. The molecule has 0 fully saturated rings. The Hall–Kier alpha value is -3.21. The van der Waals surface area contributed by atoms with Crippen molar-refractivity contribution in [1.29, 1.82) is 5.26 Å². The van der Waals surface area contributed by atoms with E-state index >= 15 is 0 Å². The number of carbonyl (C=O) groups is 1. The number of hydrogen-bond acceptors (Lipinski definition) is 5. The number of aryl methyl sites for hydroxylation is 1. The first-order valence-electron chi connectivity index (χ1n) is 5.53. The van der Waals surface area contributed by atoms with E-state index in [1.165, 1.54) is 24.4 Å². The Morgan fingerprint density at radius 1 is 1.55 bits per heavy atom. The second kappa shape index (κ2) is 5.19. The number of benzene rings is 1. The van der Waals surface area contributed by atoms with Gasteiger partial charge in [-0.1, -0.05) is 6.07 Å². The molecule has 0 saturated heterocycles. The van der Waals surface area contributed by atoms with Crippen LogP contribution in [0.25, 0.3) is 0 Å². The highest BCUT2D eigenvalue weighted by Crippen LogP contribution is 2.19. The summed E-state index contributed by atoms with van der Waals surface area (Å²) in [5.74, 6) is -0.393. The minimum Gasteiger partial charge on any atom is -0.306 e. The van der Waals surface area contributed by atoms with Gasteiger partial charge in [0.1, 0.15) is 17.5 Å². The third-order valence-electron chi connectivity index (χ3n) is 2.67. The van der Waals surface area contributed by atoms with Crippen molar-refractivity contribution >= 4 is 17.4 Å². The van der Waals surface area contributed by atoms with E-state index in [1.807, 2.05) is 6.07 Å². The summed E-state index contributed by atoms with van der Waals surface area (Å²) in [5.41, 5.74) is 0.760. The third-order valence-corrected chi connectivity index (χ3v) is 2.67. The maximum absolute atomic E-state index is 12.1. The second-order valence-corrected chi connectivity index (χ2v) is 3.98. The highest BCUT2D eigenvalue weighted by Gasteiger charge is 2.16. The molecule has 2 aromatic rings. The molecule has 0 aliphatic rings. The van der Waals surface area contributed by atoms with E-state index in [4.69, 9.17) is 5.26 Å². The molecule has 20 heavy (non-hydrogen) atoms. The van der Waals surface area contributed by atoms with Gasteiger partial charge in [-0.25, -0.2) is 0 Å². The van der Waals surface area contributed by atoms with Crippen molar-refractivity contribution in [2.75, 3.05) is 5.32 Å². The molecule has 0 saturated carbocycles. The standard InChI is InChI=1S/C12H9N5O3/c1-7-2-3-9(17(19)20)4-10(7)12(18)15-11-8(5-13)6-14-16-11/h2-4,6H,1H3,(H2,14,15,16,18). The first kappa shape index (κ1) is 13.2. The Morgan fingerprint density at radius 2 is 2.30 bits per heavy atom. The summed E-state index contributed by atoms with van der Waals surface area (Å²) in [6, 6.07) is 5.86. The number of nitro benzene ring substituents is 1. The second-order valence-electron chi connectivity index (χ2n) is 3.98. The highest BCUT2D eigenvalue weighted by atomic mass is 16.6. The zero-order valence-electron chi connectivity index (χ0n) is 10.4. The van der Waals surface area contributed by atoms with Crippen molar-refractivity contribution in [2.24, 2.45) is 0 Å². The van der Waals surface area contributed by atoms with Crippen LogP contribution >= 0.6 is 0 Å². The minimum atomic E-state index is -0.576. The molecule has 0 radical (unpaired) electrons. The van der Waals surface area contributed by atoms with Gasteiger partial charge in [-0.15, -0.1) is 0 Å². The van der Waals surface area contributed by atoms with Crippen molar-refractivity contribution in [2.45, 2.75) is 6.92 Å². The minimum absolute atomic E-state index is 0.156. The normalized spacial score (nSPS) is 9.80. The van der Waals surface area contributed by atoms with Crippen LogP contribution < -0.4 is 5.32 Å². The number of nitriles is 1. The number of H-pyrrole nitrogens is 1. The van der Waals surface area contributed by atoms with Crippen LogP contribution in [0.2, 0.25) is 0 Å². The maximum Gasteiger partial charge on any atom is 0.270 e. The van der Waals surface area contributed by atoms with Crippen molar-refractivity contribution in [1.82, 2.24) is 10.2 Å². The molecule has 2 N–H and O–H groups in total. The molecule has 0 atom stereocenters. The third kappa shape index (κ3) is 2.46. The van der Waals surface area contributed by atoms with Crippen molar-refractivity contribution in [3.63, 3.8) is 0 Å². The van der Waals surface area contributed by atoms with Crippen LogP contribution in [0.1, 0.15) is 21.5 Å². The van der Waals surface area contributed by atoms with Gasteiger partial charge < -0.3 is 5.32 Å². The average Bonchev–Trinajstić information content (AvgIpc) is 2.86. The number of nitro groups is 1. The molecular weight excluding hydrogens is 262 g/mol. The fraction of sp³-hybridized carbons (Fsp3) is 0.0833. The quantitative estimate of drug-likeness (QED) is 0.649. The van der Waals surface area contributed by atoms with Gasteiger partial charge in [0.25, 0.3) is 11.6 Å². The van der Waals surface area contributed by atoms with Crippen LogP contribution in [-0.2, 0) is 0 Å². The van der Waals surface area contributed by atoms with Crippen LogP contribution in [0.5, 0.6) is 0 Å². The van der Waals surface area contributed by atoms with Gasteiger partial charge in [0.15, 0.2) is 0 Å². The Balaban J connectivity index is 2.32. The van der Waals surface area contributed by atoms with E-state index in [-0.39, 0.29) is 22.6 Å². The SMILES string of the molecule is Cc1ccc([N+](=O)[O-])cc1C(=O)Nc1[nH]ncc1C#N. The number of aromatic amines is 1. The molecule has 2 rings (SSSR count). The molecular formula is C12H9N5O3. The van der Waals surface area contributed by atoms with E-state index < -0.39 is 10.8 Å². The van der Waals surface area contributed by atoms with E-state index in [1.54, 1.807) is 6.92 Å². The Kier molecular flexibility index (Phi) is 3.43.